The van der Waals surface area contributed by atoms with Crippen LogP contribution in [0, 0.1) is 13.8 Å². The smallest absolute Gasteiger partial charge is 0.0443 e. The highest BCUT2D eigenvalue weighted by atomic mass is 35.5. The highest BCUT2D eigenvalue weighted by molar-refractivity contribution is 6.31. The lowest BCUT2D eigenvalue weighted by Crippen LogP contribution is -1.92. The average Bonchev–Trinajstić information content (AvgIpc) is 2.02. The average molecular weight is 197 g/mol. The fourth-order valence-corrected chi connectivity index (χ4v) is 2.03. The van der Waals surface area contributed by atoms with Gasteiger partial charge in [-0.2, -0.15) is 0 Å². The maximum atomic E-state index is 6.17. The Bertz CT molecular complexity index is 266. The Hall–Kier alpha value is -0.490. The molecule has 0 amide bonds. The highest BCUT2D eigenvalue weighted by Gasteiger charge is 2.03. The quantitative estimate of drug-likeness (QED) is 0.676. The molecular formula is C12H17Cl. The van der Waals surface area contributed by atoms with Gasteiger partial charge in [0.05, 0.1) is 0 Å². The van der Waals surface area contributed by atoms with Gasteiger partial charge in [0.2, 0.25) is 0 Å². The lowest BCUT2D eigenvalue weighted by molar-refractivity contribution is 0.791. The molecule has 0 N–H and O–H groups in total. The molecule has 0 aliphatic heterocycles. The summed E-state index contributed by atoms with van der Waals surface area (Å²) < 4.78 is 0. The molecule has 72 valence electrons. The summed E-state index contributed by atoms with van der Waals surface area (Å²) in [7, 11) is 0. The van der Waals surface area contributed by atoms with Gasteiger partial charge >= 0.3 is 0 Å². The van der Waals surface area contributed by atoms with Gasteiger partial charge in [0.15, 0.2) is 0 Å². The number of benzene rings is 1. The number of halogens is 1. The summed E-state index contributed by atoms with van der Waals surface area (Å²) in [5.41, 5.74) is 3.91. The third kappa shape index (κ3) is 2.73. The topological polar surface area (TPSA) is 0 Å². The van der Waals surface area contributed by atoms with Gasteiger partial charge in [-0.15, -0.1) is 0 Å². The van der Waals surface area contributed by atoms with Crippen LogP contribution in [0.2, 0.25) is 5.02 Å². The molecule has 0 unspecified atom stereocenters. The molecule has 0 fully saturated rings. The van der Waals surface area contributed by atoms with Crippen LogP contribution in [-0.2, 0) is 6.42 Å². The van der Waals surface area contributed by atoms with Gasteiger partial charge in [0, 0.05) is 5.02 Å². The van der Waals surface area contributed by atoms with Crippen LogP contribution in [0.1, 0.15) is 36.5 Å². The molecule has 13 heavy (non-hydrogen) atoms. The van der Waals surface area contributed by atoms with E-state index < -0.39 is 0 Å². The van der Waals surface area contributed by atoms with Gasteiger partial charge in [-0.05, 0) is 49.4 Å². The summed E-state index contributed by atoms with van der Waals surface area (Å²) in [5, 5.41) is 0.936. The van der Waals surface area contributed by atoms with Crippen molar-refractivity contribution < 1.29 is 0 Å². The van der Waals surface area contributed by atoms with E-state index in [1.807, 2.05) is 0 Å². The Morgan fingerprint density at radius 1 is 1.23 bits per heavy atom. The fourth-order valence-electron chi connectivity index (χ4n) is 1.62. The Labute approximate surface area is 85.9 Å². The van der Waals surface area contributed by atoms with E-state index in [0.717, 1.165) is 11.4 Å². The predicted molar refractivity (Wildman–Crippen MR) is 59.5 cm³/mol. The largest absolute Gasteiger partial charge is 0.0840 e. The second-order valence-corrected chi connectivity index (χ2v) is 4.05. The molecule has 0 bridgehead atoms. The summed E-state index contributed by atoms with van der Waals surface area (Å²) >= 11 is 6.17. The van der Waals surface area contributed by atoms with E-state index in [1.54, 1.807) is 0 Å². The highest BCUT2D eigenvalue weighted by Crippen LogP contribution is 2.23. The van der Waals surface area contributed by atoms with E-state index in [0.29, 0.717) is 0 Å². The fraction of sp³-hybridized carbons (Fsp3) is 0.500. The number of aryl methyl sites for hydroxylation is 2. The van der Waals surface area contributed by atoms with Crippen molar-refractivity contribution in [2.45, 2.75) is 40.0 Å². The van der Waals surface area contributed by atoms with Crippen LogP contribution in [-0.4, -0.2) is 0 Å². The third-order valence-electron chi connectivity index (χ3n) is 2.34. The lowest BCUT2D eigenvalue weighted by atomic mass is 10.0. The minimum absolute atomic E-state index is 0.936. The monoisotopic (exact) mass is 196 g/mol. The third-order valence-corrected chi connectivity index (χ3v) is 2.68. The molecule has 0 aliphatic rings. The first kappa shape index (κ1) is 10.6. The zero-order valence-corrected chi connectivity index (χ0v) is 9.41. The van der Waals surface area contributed by atoms with Crippen LogP contribution in [0.5, 0.6) is 0 Å². The molecule has 0 atom stereocenters. The van der Waals surface area contributed by atoms with Crippen LogP contribution in [0.25, 0.3) is 0 Å². The first-order valence-corrected chi connectivity index (χ1v) is 5.28. The van der Waals surface area contributed by atoms with Gasteiger partial charge in [0.25, 0.3) is 0 Å². The van der Waals surface area contributed by atoms with Crippen molar-refractivity contribution in [2.24, 2.45) is 0 Å². The van der Waals surface area contributed by atoms with Crippen molar-refractivity contribution >= 4 is 11.6 Å². The second-order valence-electron chi connectivity index (χ2n) is 3.65. The molecule has 1 aromatic carbocycles. The molecule has 0 aliphatic carbocycles. The van der Waals surface area contributed by atoms with E-state index in [2.05, 4.69) is 32.9 Å². The number of rotatable bonds is 3. The van der Waals surface area contributed by atoms with E-state index in [4.69, 9.17) is 11.6 Å². The van der Waals surface area contributed by atoms with Crippen molar-refractivity contribution in [2.75, 3.05) is 0 Å². The maximum Gasteiger partial charge on any atom is 0.0443 e. The first-order chi connectivity index (χ1) is 6.15. The summed E-state index contributed by atoms with van der Waals surface area (Å²) in [6.45, 7) is 6.43. The first-order valence-electron chi connectivity index (χ1n) is 4.90. The molecule has 0 saturated carbocycles. The zero-order valence-electron chi connectivity index (χ0n) is 8.65. The van der Waals surface area contributed by atoms with Crippen molar-refractivity contribution in [3.05, 3.63) is 33.8 Å². The summed E-state index contributed by atoms with van der Waals surface area (Å²) in [4.78, 5) is 0. The SMILES string of the molecule is CCCCc1c(C)cc(C)cc1Cl. The van der Waals surface area contributed by atoms with Crippen molar-refractivity contribution in [1.29, 1.82) is 0 Å². The van der Waals surface area contributed by atoms with Crippen LogP contribution >= 0.6 is 11.6 Å². The predicted octanol–water partition coefficient (Wildman–Crippen LogP) is 4.30. The molecule has 0 heterocycles. The molecule has 0 nitrogen and oxygen atoms in total. The molecular weight excluding hydrogens is 180 g/mol. The van der Waals surface area contributed by atoms with Crippen molar-refractivity contribution in [1.82, 2.24) is 0 Å². The summed E-state index contributed by atoms with van der Waals surface area (Å²) in [5.74, 6) is 0. The molecule has 1 heteroatoms. The van der Waals surface area contributed by atoms with Crippen LogP contribution in [0.15, 0.2) is 12.1 Å². The van der Waals surface area contributed by atoms with Crippen molar-refractivity contribution in [3.8, 4) is 0 Å². The molecule has 0 spiro atoms. The Balaban J connectivity index is 2.92. The molecule has 0 radical (unpaired) electrons. The van der Waals surface area contributed by atoms with Crippen LogP contribution in [0.3, 0.4) is 0 Å². The van der Waals surface area contributed by atoms with Crippen molar-refractivity contribution in [3.63, 3.8) is 0 Å². The van der Waals surface area contributed by atoms with Gasteiger partial charge < -0.3 is 0 Å². The maximum absolute atomic E-state index is 6.17. The van der Waals surface area contributed by atoms with Crippen LogP contribution < -0.4 is 0 Å². The summed E-state index contributed by atoms with van der Waals surface area (Å²) in [6, 6.07) is 4.26. The molecule has 0 aromatic heterocycles. The zero-order chi connectivity index (χ0) is 9.84. The number of hydrogen-bond acceptors (Lipinski definition) is 0. The van der Waals surface area contributed by atoms with E-state index in [-0.39, 0.29) is 0 Å². The van der Waals surface area contributed by atoms with Gasteiger partial charge in [-0.3, -0.25) is 0 Å². The van der Waals surface area contributed by atoms with Gasteiger partial charge in [0.1, 0.15) is 0 Å². The lowest BCUT2D eigenvalue weighted by Gasteiger charge is -2.08. The second kappa shape index (κ2) is 4.66. The van der Waals surface area contributed by atoms with E-state index >= 15 is 0 Å². The van der Waals surface area contributed by atoms with Gasteiger partial charge in [-0.1, -0.05) is 31.0 Å². The van der Waals surface area contributed by atoms with Crippen LogP contribution in [0.4, 0.5) is 0 Å². The van der Waals surface area contributed by atoms with Gasteiger partial charge in [-0.25, -0.2) is 0 Å². The van der Waals surface area contributed by atoms with E-state index in [1.165, 1.54) is 29.5 Å². The minimum atomic E-state index is 0.936. The standard InChI is InChI=1S/C12H17Cl/c1-4-5-6-11-10(3)7-9(2)8-12(11)13/h7-8H,4-6H2,1-3H3. The normalized spacial score (nSPS) is 10.5. The summed E-state index contributed by atoms with van der Waals surface area (Å²) in [6.07, 6.45) is 3.56. The Morgan fingerprint density at radius 3 is 2.46 bits per heavy atom. The molecule has 0 saturated heterocycles. The Kier molecular flexibility index (Phi) is 3.80. The molecule has 1 rings (SSSR count). The Morgan fingerprint density at radius 2 is 1.92 bits per heavy atom. The minimum Gasteiger partial charge on any atom is -0.0840 e. The molecule has 1 aromatic rings. The number of hydrogen-bond donors (Lipinski definition) is 0. The number of unbranched alkanes of at least 4 members (excludes halogenated alkanes) is 1. The van der Waals surface area contributed by atoms with E-state index in [9.17, 15) is 0 Å².